The van der Waals surface area contributed by atoms with Crippen molar-refractivity contribution >= 4 is 33.5 Å². The van der Waals surface area contributed by atoms with Crippen LogP contribution in [0.3, 0.4) is 0 Å². The Balaban J connectivity index is 1.48. The van der Waals surface area contributed by atoms with E-state index < -0.39 is 0 Å². The van der Waals surface area contributed by atoms with Gasteiger partial charge in [0.05, 0.1) is 5.92 Å². The molecular weight excluding hydrogens is 346 g/mol. The van der Waals surface area contributed by atoms with Gasteiger partial charge in [0.1, 0.15) is 0 Å². The number of carbonyl (C=O) groups excluding carboxylic acids is 2. The Labute approximate surface area is 138 Å². The van der Waals surface area contributed by atoms with Crippen molar-refractivity contribution in [1.82, 2.24) is 0 Å². The molecule has 3 rings (SSSR count). The highest BCUT2D eigenvalue weighted by molar-refractivity contribution is 9.10. The van der Waals surface area contributed by atoms with Gasteiger partial charge in [-0.25, -0.2) is 0 Å². The third-order valence-electron chi connectivity index (χ3n) is 4.83. The average Bonchev–Trinajstić information content (AvgIpc) is 3.11. The van der Waals surface area contributed by atoms with Crippen LogP contribution in [0.25, 0.3) is 0 Å². The van der Waals surface area contributed by atoms with Crippen molar-refractivity contribution in [1.29, 1.82) is 0 Å². The van der Waals surface area contributed by atoms with Crippen molar-refractivity contribution in [2.45, 2.75) is 32.6 Å². The first-order chi connectivity index (χ1) is 10.5. The van der Waals surface area contributed by atoms with Gasteiger partial charge >= 0.3 is 5.97 Å². The maximum absolute atomic E-state index is 12.1. The maximum Gasteiger partial charge on any atom is 0.309 e. The number of esters is 1. The maximum atomic E-state index is 12.1. The van der Waals surface area contributed by atoms with E-state index in [0.717, 1.165) is 29.3 Å². The first kappa shape index (κ1) is 15.5. The van der Waals surface area contributed by atoms with Crippen LogP contribution >= 0.6 is 15.9 Å². The summed E-state index contributed by atoms with van der Waals surface area (Å²) >= 11 is 3.42. The molecule has 0 aliphatic heterocycles. The molecule has 4 nitrogen and oxygen atoms in total. The lowest BCUT2D eigenvalue weighted by Crippen LogP contribution is -2.27. The summed E-state index contributed by atoms with van der Waals surface area (Å²) in [5.74, 6) is 0.700. The molecule has 2 aliphatic rings. The van der Waals surface area contributed by atoms with Gasteiger partial charge in [0.15, 0.2) is 6.61 Å². The van der Waals surface area contributed by atoms with Crippen LogP contribution < -0.4 is 5.32 Å². The minimum Gasteiger partial charge on any atom is -0.455 e. The van der Waals surface area contributed by atoms with Crippen LogP contribution in [0.1, 0.15) is 31.2 Å². The van der Waals surface area contributed by atoms with E-state index in [4.69, 9.17) is 4.74 Å². The molecule has 2 aliphatic carbocycles. The highest BCUT2D eigenvalue weighted by atomic mass is 79.9. The molecule has 1 N–H and O–H groups in total. The van der Waals surface area contributed by atoms with Crippen LogP contribution in [0.2, 0.25) is 0 Å². The molecule has 1 aromatic carbocycles. The number of anilines is 1. The number of nitrogens with one attached hydrogen (secondary N) is 1. The smallest absolute Gasteiger partial charge is 0.309 e. The Kier molecular flexibility index (Phi) is 4.52. The number of carbonyl (C=O) groups is 2. The Morgan fingerprint density at radius 1 is 1.32 bits per heavy atom. The molecule has 1 aromatic rings. The standard InChI is InChI=1S/C17H20BrNO3/c1-10-6-13(4-5-15(10)18)19-16(20)9-22-17(21)14-8-11-2-3-12(14)7-11/h4-6,11-12,14H,2-3,7-9H2,1H3,(H,19,20). The van der Waals surface area contributed by atoms with Gasteiger partial charge in [-0.15, -0.1) is 0 Å². The highest BCUT2D eigenvalue weighted by Gasteiger charge is 2.43. The van der Waals surface area contributed by atoms with Gasteiger partial charge < -0.3 is 10.1 Å². The first-order valence-corrected chi connectivity index (χ1v) is 8.55. The fourth-order valence-corrected chi connectivity index (χ4v) is 3.94. The van der Waals surface area contributed by atoms with Gasteiger partial charge in [0.2, 0.25) is 0 Å². The Morgan fingerprint density at radius 2 is 2.14 bits per heavy atom. The van der Waals surface area contributed by atoms with Gasteiger partial charge in [0, 0.05) is 10.2 Å². The van der Waals surface area contributed by atoms with Crippen molar-refractivity contribution in [3.8, 4) is 0 Å². The van der Waals surface area contributed by atoms with Crippen molar-refractivity contribution in [3.05, 3.63) is 28.2 Å². The van der Waals surface area contributed by atoms with Gasteiger partial charge in [-0.05, 0) is 61.8 Å². The lowest BCUT2D eigenvalue weighted by atomic mass is 9.89. The van der Waals surface area contributed by atoms with Gasteiger partial charge in [-0.1, -0.05) is 22.4 Å². The van der Waals surface area contributed by atoms with Gasteiger partial charge in [-0.3, -0.25) is 9.59 Å². The molecule has 0 radical (unpaired) electrons. The molecule has 0 aromatic heterocycles. The Hall–Kier alpha value is -1.36. The number of rotatable bonds is 4. The summed E-state index contributed by atoms with van der Waals surface area (Å²) in [5.41, 5.74) is 1.75. The average molecular weight is 366 g/mol. The molecule has 5 heteroatoms. The van der Waals surface area contributed by atoms with Crippen LogP contribution in [0, 0.1) is 24.7 Å². The van der Waals surface area contributed by atoms with E-state index in [0.29, 0.717) is 17.5 Å². The topological polar surface area (TPSA) is 55.4 Å². The van der Waals surface area contributed by atoms with Crippen LogP contribution in [0.5, 0.6) is 0 Å². The van der Waals surface area contributed by atoms with E-state index in [1.165, 1.54) is 6.42 Å². The number of ether oxygens (including phenoxy) is 1. The van der Waals surface area contributed by atoms with E-state index in [9.17, 15) is 9.59 Å². The van der Waals surface area contributed by atoms with Gasteiger partial charge in [0.25, 0.3) is 5.91 Å². The Bertz CT molecular complexity index is 602. The SMILES string of the molecule is Cc1cc(NC(=O)COC(=O)C2CC3CCC2C3)ccc1Br. The minimum atomic E-state index is -0.293. The van der Waals surface area contributed by atoms with Crippen LogP contribution in [-0.2, 0) is 14.3 Å². The molecule has 22 heavy (non-hydrogen) atoms. The molecule has 1 amide bonds. The molecule has 3 unspecified atom stereocenters. The quantitative estimate of drug-likeness (QED) is 0.828. The number of halogens is 1. The molecule has 0 saturated heterocycles. The highest BCUT2D eigenvalue weighted by Crippen LogP contribution is 2.48. The zero-order valence-electron chi connectivity index (χ0n) is 12.6. The third kappa shape index (κ3) is 3.35. The van der Waals surface area contributed by atoms with E-state index in [1.807, 2.05) is 25.1 Å². The summed E-state index contributed by atoms with van der Waals surface area (Å²) in [6, 6.07) is 5.57. The summed E-state index contributed by atoms with van der Waals surface area (Å²) < 4.78 is 6.20. The Morgan fingerprint density at radius 3 is 2.77 bits per heavy atom. The molecule has 2 fully saturated rings. The second-order valence-corrected chi connectivity index (χ2v) is 7.26. The van der Waals surface area contributed by atoms with Gasteiger partial charge in [-0.2, -0.15) is 0 Å². The summed E-state index contributed by atoms with van der Waals surface area (Å²) in [7, 11) is 0. The lowest BCUT2D eigenvalue weighted by molar-refractivity contribution is -0.153. The van der Waals surface area contributed by atoms with E-state index in [-0.39, 0.29) is 24.4 Å². The lowest BCUT2D eigenvalue weighted by Gasteiger charge is -2.19. The predicted octanol–water partition coefficient (Wildman–Crippen LogP) is 3.68. The van der Waals surface area contributed by atoms with Crippen molar-refractivity contribution in [3.63, 3.8) is 0 Å². The van der Waals surface area contributed by atoms with E-state index >= 15 is 0 Å². The number of benzene rings is 1. The first-order valence-electron chi connectivity index (χ1n) is 7.75. The second-order valence-electron chi connectivity index (χ2n) is 6.40. The molecule has 118 valence electrons. The van der Waals surface area contributed by atoms with Crippen molar-refractivity contribution in [2.24, 2.45) is 17.8 Å². The fraction of sp³-hybridized carbons (Fsp3) is 0.529. The zero-order chi connectivity index (χ0) is 15.7. The largest absolute Gasteiger partial charge is 0.455 e. The third-order valence-corrected chi connectivity index (χ3v) is 5.72. The molecule has 2 saturated carbocycles. The summed E-state index contributed by atoms with van der Waals surface area (Å²) in [6.45, 7) is 1.75. The number of hydrogen-bond acceptors (Lipinski definition) is 3. The number of aryl methyl sites for hydroxylation is 1. The second kappa shape index (κ2) is 6.41. The van der Waals surface area contributed by atoms with Crippen molar-refractivity contribution in [2.75, 3.05) is 11.9 Å². The number of hydrogen-bond donors (Lipinski definition) is 1. The van der Waals surface area contributed by atoms with Crippen LogP contribution in [0.4, 0.5) is 5.69 Å². The monoisotopic (exact) mass is 365 g/mol. The van der Waals surface area contributed by atoms with Crippen LogP contribution in [0.15, 0.2) is 22.7 Å². The predicted molar refractivity (Wildman–Crippen MR) is 87.4 cm³/mol. The molecule has 0 spiro atoms. The summed E-state index contributed by atoms with van der Waals surface area (Å²) in [5, 5.41) is 2.75. The summed E-state index contributed by atoms with van der Waals surface area (Å²) in [4.78, 5) is 24.0. The molecule has 2 bridgehead atoms. The summed E-state index contributed by atoms with van der Waals surface area (Å²) in [6.07, 6.45) is 4.48. The fourth-order valence-electron chi connectivity index (χ4n) is 3.70. The van der Waals surface area contributed by atoms with E-state index in [1.54, 1.807) is 0 Å². The van der Waals surface area contributed by atoms with Crippen molar-refractivity contribution < 1.29 is 14.3 Å². The normalized spacial score (nSPS) is 26.0. The minimum absolute atomic E-state index is 0.0153. The van der Waals surface area contributed by atoms with Crippen LogP contribution in [-0.4, -0.2) is 18.5 Å². The molecule has 3 atom stereocenters. The molecule has 0 heterocycles. The number of amides is 1. The van der Waals surface area contributed by atoms with E-state index in [2.05, 4.69) is 21.2 Å². The zero-order valence-corrected chi connectivity index (χ0v) is 14.2. The number of fused-ring (bicyclic) bond motifs is 2. The molecular formula is C17H20BrNO3.